The summed E-state index contributed by atoms with van der Waals surface area (Å²) in [5.41, 5.74) is 2.20. The van der Waals surface area contributed by atoms with Gasteiger partial charge in [-0.15, -0.1) is 0 Å². The number of aromatic amines is 1. The van der Waals surface area contributed by atoms with E-state index in [1.807, 2.05) is 61.5 Å². The maximum Gasteiger partial charge on any atom is 0.292 e. The summed E-state index contributed by atoms with van der Waals surface area (Å²) in [4.78, 5) is 27.6. The van der Waals surface area contributed by atoms with E-state index in [0.29, 0.717) is 5.56 Å². The third-order valence-corrected chi connectivity index (χ3v) is 3.69. The molecule has 3 aromatic rings. The Bertz CT molecular complexity index is 821. The Balaban J connectivity index is 1.79. The molecule has 3 rings (SSSR count). The van der Waals surface area contributed by atoms with Crippen LogP contribution >= 0.6 is 0 Å². The lowest BCUT2D eigenvalue weighted by atomic mass is 10.1. The quantitative estimate of drug-likeness (QED) is 0.573. The average molecular weight is 292 g/mol. The van der Waals surface area contributed by atoms with Gasteiger partial charge in [0.25, 0.3) is 11.7 Å². The van der Waals surface area contributed by atoms with Crippen molar-refractivity contribution in [3.8, 4) is 0 Å². The molecule has 22 heavy (non-hydrogen) atoms. The van der Waals surface area contributed by atoms with E-state index in [0.717, 1.165) is 16.5 Å². The van der Waals surface area contributed by atoms with Crippen molar-refractivity contribution in [1.82, 2.24) is 10.3 Å². The predicted molar refractivity (Wildman–Crippen MR) is 85.6 cm³/mol. The molecular formula is C18H16N2O2. The van der Waals surface area contributed by atoms with Gasteiger partial charge in [-0.1, -0.05) is 48.5 Å². The van der Waals surface area contributed by atoms with E-state index in [1.165, 1.54) is 0 Å². The fraction of sp³-hybridized carbons (Fsp3) is 0.111. The minimum atomic E-state index is -0.596. The Morgan fingerprint density at radius 3 is 2.45 bits per heavy atom. The van der Waals surface area contributed by atoms with Crippen molar-refractivity contribution in [3.63, 3.8) is 0 Å². The minimum absolute atomic E-state index is 0.220. The molecular weight excluding hydrogens is 276 g/mol. The minimum Gasteiger partial charge on any atom is -0.360 e. The SMILES string of the molecule is C[C@@H](NC(=O)C(=O)c1c[nH]c2ccccc12)c1ccccc1. The van der Waals surface area contributed by atoms with E-state index in [9.17, 15) is 9.59 Å². The van der Waals surface area contributed by atoms with Crippen LogP contribution in [0.1, 0.15) is 28.9 Å². The van der Waals surface area contributed by atoms with Crippen LogP contribution in [0.25, 0.3) is 10.9 Å². The molecule has 0 aliphatic heterocycles. The molecule has 1 aromatic heterocycles. The highest BCUT2D eigenvalue weighted by Gasteiger charge is 2.21. The van der Waals surface area contributed by atoms with E-state index in [4.69, 9.17) is 0 Å². The molecule has 1 heterocycles. The molecule has 0 saturated heterocycles. The van der Waals surface area contributed by atoms with Gasteiger partial charge < -0.3 is 10.3 Å². The molecule has 0 aliphatic carbocycles. The first-order chi connectivity index (χ1) is 10.7. The molecule has 0 aliphatic rings. The summed E-state index contributed by atoms with van der Waals surface area (Å²) in [5.74, 6) is -1.12. The monoisotopic (exact) mass is 292 g/mol. The Hall–Kier alpha value is -2.88. The topological polar surface area (TPSA) is 62.0 Å². The Kier molecular flexibility index (Phi) is 3.74. The summed E-state index contributed by atoms with van der Waals surface area (Å²) in [7, 11) is 0. The van der Waals surface area contributed by atoms with Gasteiger partial charge in [0.05, 0.1) is 11.6 Å². The highest BCUT2D eigenvalue weighted by Crippen LogP contribution is 2.19. The summed E-state index contributed by atoms with van der Waals surface area (Å²) >= 11 is 0. The number of H-pyrrole nitrogens is 1. The van der Waals surface area contributed by atoms with Gasteiger partial charge in [0, 0.05) is 17.1 Å². The summed E-state index contributed by atoms with van der Waals surface area (Å²) < 4.78 is 0. The number of ketones is 1. The van der Waals surface area contributed by atoms with Crippen LogP contribution in [0, 0.1) is 0 Å². The molecule has 2 N–H and O–H groups in total. The normalized spacial score (nSPS) is 12.0. The van der Waals surface area contributed by atoms with Gasteiger partial charge >= 0.3 is 0 Å². The smallest absolute Gasteiger partial charge is 0.292 e. The lowest BCUT2D eigenvalue weighted by molar-refractivity contribution is -0.117. The van der Waals surface area contributed by atoms with Gasteiger partial charge in [-0.05, 0) is 18.6 Å². The first-order valence-corrected chi connectivity index (χ1v) is 7.13. The lowest BCUT2D eigenvalue weighted by Crippen LogP contribution is -2.33. The van der Waals surface area contributed by atoms with Crippen molar-refractivity contribution < 1.29 is 9.59 Å². The number of carbonyl (C=O) groups is 2. The largest absolute Gasteiger partial charge is 0.360 e. The maximum absolute atomic E-state index is 12.4. The number of nitrogens with one attached hydrogen (secondary N) is 2. The molecule has 0 bridgehead atoms. The second-order valence-corrected chi connectivity index (χ2v) is 5.18. The summed E-state index contributed by atoms with van der Waals surface area (Å²) in [6, 6.07) is 16.8. The van der Waals surface area contributed by atoms with Gasteiger partial charge in [0.2, 0.25) is 0 Å². The molecule has 0 spiro atoms. The molecule has 110 valence electrons. The number of Topliss-reactive ketones (excluding diaryl/α,β-unsaturated/α-hetero) is 1. The third kappa shape index (κ3) is 2.63. The van der Waals surface area contributed by atoms with Crippen LogP contribution in [0.3, 0.4) is 0 Å². The van der Waals surface area contributed by atoms with Crippen molar-refractivity contribution in [2.75, 3.05) is 0 Å². The summed E-state index contributed by atoms with van der Waals surface area (Å²) in [5, 5.41) is 3.51. The van der Waals surface area contributed by atoms with Crippen molar-refractivity contribution in [3.05, 3.63) is 71.9 Å². The zero-order chi connectivity index (χ0) is 15.5. The number of hydrogen-bond acceptors (Lipinski definition) is 2. The van der Waals surface area contributed by atoms with E-state index in [2.05, 4.69) is 10.3 Å². The van der Waals surface area contributed by atoms with Crippen LogP contribution in [-0.4, -0.2) is 16.7 Å². The van der Waals surface area contributed by atoms with Crippen LogP contribution in [0.15, 0.2) is 60.8 Å². The number of benzene rings is 2. The molecule has 0 radical (unpaired) electrons. The van der Waals surface area contributed by atoms with Gasteiger partial charge in [0.1, 0.15) is 0 Å². The van der Waals surface area contributed by atoms with Gasteiger partial charge in [-0.3, -0.25) is 9.59 Å². The van der Waals surface area contributed by atoms with Crippen LogP contribution < -0.4 is 5.32 Å². The van der Waals surface area contributed by atoms with E-state index < -0.39 is 11.7 Å². The van der Waals surface area contributed by atoms with E-state index in [1.54, 1.807) is 6.20 Å². The summed E-state index contributed by atoms with van der Waals surface area (Å²) in [6.07, 6.45) is 1.58. The summed E-state index contributed by atoms with van der Waals surface area (Å²) in [6.45, 7) is 1.86. The second-order valence-electron chi connectivity index (χ2n) is 5.18. The number of hydrogen-bond donors (Lipinski definition) is 2. The van der Waals surface area contributed by atoms with Crippen molar-refractivity contribution in [2.45, 2.75) is 13.0 Å². The van der Waals surface area contributed by atoms with Crippen LogP contribution in [-0.2, 0) is 4.79 Å². The Morgan fingerprint density at radius 2 is 1.68 bits per heavy atom. The van der Waals surface area contributed by atoms with Crippen LogP contribution in [0.2, 0.25) is 0 Å². The first-order valence-electron chi connectivity index (χ1n) is 7.13. The van der Waals surface area contributed by atoms with Crippen molar-refractivity contribution >= 4 is 22.6 Å². The fourth-order valence-corrected chi connectivity index (χ4v) is 2.47. The zero-order valence-corrected chi connectivity index (χ0v) is 12.2. The predicted octanol–water partition coefficient (Wildman–Crippen LogP) is 3.23. The average Bonchev–Trinajstić information content (AvgIpc) is 2.99. The maximum atomic E-state index is 12.4. The number of aromatic nitrogens is 1. The number of carbonyl (C=O) groups excluding carboxylic acids is 2. The van der Waals surface area contributed by atoms with E-state index >= 15 is 0 Å². The molecule has 0 fully saturated rings. The molecule has 1 amide bonds. The first kappa shape index (κ1) is 14.1. The van der Waals surface area contributed by atoms with E-state index in [-0.39, 0.29) is 6.04 Å². The highest BCUT2D eigenvalue weighted by molar-refractivity contribution is 6.45. The molecule has 0 unspecified atom stereocenters. The molecule has 0 saturated carbocycles. The Morgan fingerprint density at radius 1 is 1.00 bits per heavy atom. The van der Waals surface area contributed by atoms with Crippen LogP contribution in [0.5, 0.6) is 0 Å². The molecule has 2 aromatic carbocycles. The van der Waals surface area contributed by atoms with Gasteiger partial charge in [0.15, 0.2) is 0 Å². The van der Waals surface area contributed by atoms with Gasteiger partial charge in [-0.2, -0.15) is 0 Å². The fourth-order valence-electron chi connectivity index (χ4n) is 2.47. The lowest BCUT2D eigenvalue weighted by Gasteiger charge is -2.13. The zero-order valence-electron chi connectivity index (χ0n) is 12.2. The Labute approximate surface area is 128 Å². The molecule has 1 atom stereocenters. The number of fused-ring (bicyclic) bond motifs is 1. The number of amides is 1. The van der Waals surface area contributed by atoms with Crippen molar-refractivity contribution in [1.29, 1.82) is 0 Å². The molecule has 4 nitrogen and oxygen atoms in total. The third-order valence-electron chi connectivity index (χ3n) is 3.69. The number of para-hydroxylation sites is 1. The standard InChI is InChI=1S/C18H16N2O2/c1-12(13-7-3-2-4-8-13)20-18(22)17(21)15-11-19-16-10-6-5-9-14(15)16/h2-12,19H,1H3,(H,20,22)/t12-/m1/s1. The highest BCUT2D eigenvalue weighted by atomic mass is 16.2. The molecule has 4 heteroatoms. The van der Waals surface area contributed by atoms with Gasteiger partial charge in [-0.25, -0.2) is 0 Å². The van der Waals surface area contributed by atoms with Crippen LogP contribution in [0.4, 0.5) is 0 Å². The van der Waals surface area contributed by atoms with Crippen molar-refractivity contribution in [2.24, 2.45) is 0 Å². The number of rotatable bonds is 4. The second kappa shape index (κ2) is 5.85.